The summed E-state index contributed by atoms with van der Waals surface area (Å²) < 4.78 is 5.57. The van der Waals surface area contributed by atoms with E-state index in [9.17, 15) is 9.59 Å². The number of hydrogen-bond acceptors (Lipinski definition) is 4. The number of rotatable bonds is 6. The van der Waals surface area contributed by atoms with Crippen molar-refractivity contribution in [1.82, 2.24) is 5.43 Å². The molecule has 3 rings (SSSR count). The second kappa shape index (κ2) is 7.94. The number of carboxylic acid groups (broad SMARTS) is 1. The number of hydrazone groups is 1. The third-order valence-electron chi connectivity index (χ3n) is 3.69. The number of nitrogens with one attached hydrogen (secondary N) is 1. The number of aromatic carboxylic acids is 1. The number of ether oxygens (including phenoxy) is 1. The summed E-state index contributed by atoms with van der Waals surface area (Å²) >= 11 is 0. The van der Waals surface area contributed by atoms with Crippen molar-refractivity contribution in [3.05, 3.63) is 77.9 Å². The zero-order valence-electron chi connectivity index (χ0n) is 13.8. The summed E-state index contributed by atoms with van der Waals surface area (Å²) in [4.78, 5) is 23.0. The molecule has 0 bridgehead atoms. The van der Waals surface area contributed by atoms with Gasteiger partial charge in [0.1, 0.15) is 5.75 Å². The molecule has 130 valence electrons. The van der Waals surface area contributed by atoms with Crippen LogP contribution in [-0.4, -0.2) is 29.8 Å². The van der Waals surface area contributed by atoms with Crippen LogP contribution >= 0.6 is 0 Å². The average Bonchev–Trinajstić information content (AvgIpc) is 2.66. The molecule has 0 unspecified atom stereocenters. The molecule has 1 amide bonds. The van der Waals surface area contributed by atoms with Gasteiger partial charge in [-0.25, -0.2) is 10.2 Å². The molecule has 0 aliphatic carbocycles. The fraction of sp³-hybridized carbons (Fsp3) is 0.0500. The molecule has 6 heteroatoms. The minimum atomic E-state index is -1.06. The van der Waals surface area contributed by atoms with Crippen molar-refractivity contribution in [2.24, 2.45) is 5.10 Å². The monoisotopic (exact) mass is 348 g/mol. The van der Waals surface area contributed by atoms with E-state index in [2.05, 4.69) is 10.5 Å². The quantitative estimate of drug-likeness (QED) is 0.529. The summed E-state index contributed by atoms with van der Waals surface area (Å²) in [6.45, 7) is -0.202. The van der Waals surface area contributed by atoms with Crippen LogP contribution in [0.5, 0.6) is 5.75 Å². The van der Waals surface area contributed by atoms with Crippen LogP contribution in [0, 0.1) is 0 Å². The smallest absolute Gasteiger partial charge is 0.336 e. The zero-order valence-corrected chi connectivity index (χ0v) is 13.8. The van der Waals surface area contributed by atoms with Crippen molar-refractivity contribution in [1.29, 1.82) is 0 Å². The van der Waals surface area contributed by atoms with Crippen molar-refractivity contribution in [3.8, 4) is 5.75 Å². The van der Waals surface area contributed by atoms with Gasteiger partial charge >= 0.3 is 5.97 Å². The van der Waals surface area contributed by atoms with Crippen molar-refractivity contribution in [3.63, 3.8) is 0 Å². The van der Waals surface area contributed by atoms with E-state index in [4.69, 9.17) is 9.84 Å². The summed E-state index contributed by atoms with van der Waals surface area (Å²) in [6.07, 6.45) is 1.29. The number of carbonyl (C=O) groups excluding carboxylic acids is 1. The maximum Gasteiger partial charge on any atom is 0.336 e. The predicted molar refractivity (Wildman–Crippen MR) is 98.6 cm³/mol. The molecule has 0 aromatic heterocycles. The van der Waals surface area contributed by atoms with Gasteiger partial charge in [0.2, 0.25) is 0 Å². The standard InChI is InChI=1S/C20H16N2O4/c23-19(22-21-12-15-7-2-4-10-17(15)20(24)25)13-26-18-11-5-8-14-6-1-3-9-16(14)18/h1-12H,13H2,(H,22,23)(H,24,25)/b21-12-. The van der Waals surface area contributed by atoms with Crippen molar-refractivity contribution in [2.45, 2.75) is 0 Å². The fourth-order valence-corrected chi connectivity index (χ4v) is 2.48. The number of amides is 1. The molecule has 0 saturated carbocycles. The van der Waals surface area contributed by atoms with Gasteiger partial charge < -0.3 is 9.84 Å². The highest BCUT2D eigenvalue weighted by Gasteiger charge is 2.07. The first-order chi connectivity index (χ1) is 12.6. The molecular weight excluding hydrogens is 332 g/mol. The summed E-state index contributed by atoms with van der Waals surface area (Å²) in [5.41, 5.74) is 2.84. The zero-order chi connectivity index (χ0) is 18.4. The summed E-state index contributed by atoms with van der Waals surface area (Å²) in [5.74, 6) is -0.891. The highest BCUT2D eigenvalue weighted by molar-refractivity contribution is 5.98. The highest BCUT2D eigenvalue weighted by Crippen LogP contribution is 2.24. The minimum Gasteiger partial charge on any atom is -0.483 e. The Balaban J connectivity index is 1.60. The SMILES string of the molecule is O=C(COc1cccc2ccccc12)N/N=C\c1ccccc1C(=O)O. The minimum absolute atomic E-state index is 0.109. The molecule has 0 fully saturated rings. The lowest BCUT2D eigenvalue weighted by Gasteiger charge is -2.08. The Bertz CT molecular complexity index is 977. The van der Waals surface area contributed by atoms with Crippen LogP contribution in [0.4, 0.5) is 0 Å². The number of fused-ring (bicyclic) bond motifs is 1. The molecule has 26 heavy (non-hydrogen) atoms. The lowest BCUT2D eigenvalue weighted by Crippen LogP contribution is -2.24. The largest absolute Gasteiger partial charge is 0.483 e. The Morgan fingerprint density at radius 3 is 2.58 bits per heavy atom. The van der Waals surface area contributed by atoms with Gasteiger partial charge in [0.15, 0.2) is 6.61 Å². The molecular formula is C20H16N2O4. The van der Waals surface area contributed by atoms with E-state index >= 15 is 0 Å². The van der Waals surface area contributed by atoms with Crippen molar-refractivity contribution < 1.29 is 19.4 Å². The van der Waals surface area contributed by atoms with Crippen molar-refractivity contribution >= 4 is 28.9 Å². The Morgan fingerprint density at radius 2 is 1.73 bits per heavy atom. The summed E-state index contributed by atoms with van der Waals surface area (Å²) in [5, 5.41) is 14.8. The van der Waals surface area contributed by atoms with Crippen LogP contribution < -0.4 is 10.2 Å². The lowest BCUT2D eigenvalue weighted by atomic mass is 10.1. The van der Waals surface area contributed by atoms with Gasteiger partial charge in [-0.1, -0.05) is 54.6 Å². The van der Waals surface area contributed by atoms with Gasteiger partial charge in [-0.3, -0.25) is 4.79 Å². The number of carbonyl (C=O) groups is 2. The summed E-state index contributed by atoms with van der Waals surface area (Å²) in [7, 11) is 0. The van der Waals surface area contributed by atoms with Gasteiger partial charge in [-0.2, -0.15) is 5.10 Å². The second-order valence-corrected chi connectivity index (χ2v) is 5.45. The molecule has 0 saturated heterocycles. The third kappa shape index (κ3) is 4.05. The van der Waals surface area contributed by atoms with Crippen LogP contribution in [-0.2, 0) is 4.79 Å². The van der Waals surface area contributed by atoms with Gasteiger partial charge in [-0.15, -0.1) is 0 Å². The molecule has 0 spiro atoms. The molecule has 0 aliphatic heterocycles. The highest BCUT2D eigenvalue weighted by atomic mass is 16.5. The summed E-state index contributed by atoms with van der Waals surface area (Å²) in [6, 6.07) is 19.7. The first-order valence-corrected chi connectivity index (χ1v) is 7.90. The van der Waals surface area contributed by atoms with E-state index in [0.29, 0.717) is 11.3 Å². The van der Waals surface area contributed by atoms with E-state index < -0.39 is 11.9 Å². The van der Waals surface area contributed by atoms with Crippen LogP contribution in [0.3, 0.4) is 0 Å². The fourth-order valence-electron chi connectivity index (χ4n) is 2.48. The van der Waals surface area contributed by atoms with Gasteiger partial charge in [0, 0.05) is 10.9 Å². The Morgan fingerprint density at radius 1 is 1.00 bits per heavy atom. The topological polar surface area (TPSA) is 88.0 Å². The van der Waals surface area contributed by atoms with Crippen LogP contribution in [0.1, 0.15) is 15.9 Å². The molecule has 0 radical (unpaired) electrons. The maximum atomic E-state index is 11.9. The molecule has 3 aromatic rings. The Hall–Kier alpha value is -3.67. The van der Waals surface area contributed by atoms with E-state index in [1.54, 1.807) is 24.3 Å². The van der Waals surface area contributed by atoms with Gasteiger partial charge in [-0.05, 0) is 17.5 Å². The average molecular weight is 348 g/mol. The Kier molecular flexibility index (Phi) is 5.24. The molecule has 6 nitrogen and oxygen atoms in total. The molecule has 0 aliphatic rings. The number of nitrogens with zero attached hydrogens (tertiary/aromatic N) is 1. The molecule has 0 heterocycles. The third-order valence-corrected chi connectivity index (χ3v) is 3.69. The molecule has 2 N–H and O–H groups in total. The number of benzene rings is 3. The van der Waals surface area contributed by atoms with E-state index in [0.717, 1.165) is 10.8 Å². The van der Waals surface area contributed by atoms with Gasteiger partial charge in [0.05, 0.1) is 11.8 Å². The predicted octanol–water partition coefficient (Wildman–Crippen LogP) is 3.07. The van der Waals surface area contributed by atoms with Gasteiger partial charge in [0.25, 0.3) is 5.91 Å². The first kappa shape index (κ1) is 17.2. The lowest BCUT2D eigenvalue weighted by molar-refractivity contribution is -0.123. The number of hydrogen-bond donors (Lipinski definition) is 2. The number of carboxylic acids is 1. The van der Waals surface area contributed by atoms with Crippen molar-refractivity contribution in [2.75, 3.05) is 6.61 Å². The maximum absolute atomic E-state index is 11.9. The first-order valence-electron chi connectivity index (χ1n) is 7.90. The van der Waals surface area contributed by atoms with Crippen LogP contribution in [0.15, 0.2) is 71.8 Å². The van der Waals surface area contributed by atoms with Crippen LogP contribution in [0.25, 0.3) is 10.8 Å². The molecule has 0 atom stereocenters. The Labute approximate surface area is 149 Å². The van der Waals surface area contributed by atoms with E-state index in [1.807, 2.05) is 36.4 Å². The normalized spacial score (nSPS) is 10.8. The molecule has 3 aromatic carbocycles. The van der Waals surface area contributed by atoms with E-state index in [-0.39, 0.29) is 12.2 Å². The second-order valence-electron chi connectivity index (χ2n) is 5.45. The van der Waals surface area contributed by atoms with E-state index in [1.165, 1.54) is 12.3 Å². The van der Waals surface area contributed by atoms with Crippen LogP contribution in [0.2, 0.25) is 0 Å².